The van der Waals surface area contributed by atoms with Crippen LogP contribution in [0.5, 0.6) is 5.75 Å². The van der Waals surface area contributed by atoms with Crippen LogP contribution in [-0.2, 0) is 36.0 Å². The number of methoxy groups -OCH3 is 2. The van der Waals surface area contributed by atoms with Crippen LogP contribution < -0.4 is 9.64 Å². The van der Waals surface area contributed by atoms with E-state index in [9.17, 15) is 24.3 Å². The summed E-state index contributed by atoms with van der Waals surface area (Å²) in [5.74, 6) is -0.615. The normalized spacial score (nSPS) is 23.0. The van der Waals surface area contributed by atoms with Crippen molar-refractivity contribution in [3.8, 4) is 5.75 Å². The minimum atomic E-state index is -2.98. The standard InChI is InChI=1S/C32H44N2O8Si/c1-22-30(43(4,5)39)27(20-28(36)33(17-18-35)21-23-11-7-6-8-12-23)42-32(22)25-19-24(40-2)14-15-26(25)34(31(32)38)16-10-9-13-29(37)41-3/h6-8,11-12,14-15,19,22,27,30,35,39H,9-10,13,16-18,20-21H2,1-5H3/t22-,27+,30-,32+/m1/s1. The highest BCUT2D eigenvalue weighted by atomic mass is 28.4. The number of amides is 2. The zero-order valence-corrected chi connectivity index (χ0v) is 26.7. The van der Waals surface area contributed by atoms with Crippen LogP contribution in [0.3, 0.4) is 0 Å². The maximum Gasteiger partial charge on any atom is 0.305 e. The number of carbonyl (C=O) groups excluding carboxylic acids is 3. The van der Waals surface area contributed by atoms with Gasteiger partial charge in [0.25, 0.3) is 5.91 Å². The molecule has 234 valence electrons. The van der Waals surface area contributed by atoms with E-state index >= 15 is 0 Å². The molecule has 11 heteroatoms. The Kier molecular flexibility index (Phi) is 10.3. The summed E-state index contributed by atoms with van der Waals surface area (Å²) in [5.41, 5.74) is 0.462. The minimum Gasteiger partial charge on any atom is -0.497 e. The third-order valence-electron chi connectivity index (χ3n) is 8.75. The number of aliphatic hydroxyl groups excluding tert-OH is 1. The number of esters is 1. The molecule has 4 atom stereocenters. The first kappa shape index (κ1) is 32.7. The average molecular weight is 613 g/mol. The summed E-state index contributed by atoms with van der Waals surface area (Å²) in [6.07, 6.45) is 0.651. The van der Waals surface area contributed by atoms with E-state index in [1.165, 1.54) is 7.11 Å². The van der Waals surface area contributed by atoms with Gasteiger partial charge in [0.05, 0.1) is 39.0 Å². The lowest BCUT2D eigenvalue weighted by Gasteiger charge is -2.32. The van der Waals surface area contributed by atoms with Gasteiger partial charge in [-0.15, -0.1) is 0 Å². The second-order valence-corrected chi connectivity index (χ2v) is 15.9. The van der Waals surface area contributed by atoms with Crippen molar-refractivity contribution in [1.82, 2.24) is 4.90 Å². The largest absolute Gasteiger partial charge is 0.497 e. The van der Waals surface area contributed by atoms with Crippen LogP contribution in [0.25, 0.3) is 0 Å². The highest BCUT2D eigenvalue weighted by molar-refractivity contribution is 6.71. The van der Waals surface area contributed by atoms with Crippen molar-refractivity contribution in [2.45, 2.75) is 69.5 Å². The maximum absolute atomic E-state index is 14.4. The van der Waals surface area contributed by atoms with Gasteiger partial charge in [0.1, 0.15) is 5.75 Å². The Morgan fingerprint density at radius 2 is 1.84 bits per heavy atom. The Labute approximate surface area is 254 Å². The predicted molar refractivity (Wildman–Crippen MR) is 164 cm³/mol. The molecular weight excluding hydrogens is 568 g/mol. The number of ether oxygens (including phenoxy) is 3. The Hall–Kier alpha value is -3.25. The molecule has 0 aromatic heterocycles. The molecule has 1 saturated heterocycles. The molecule has 0 saturated carbocycles. The summed E-state index contributed by atoms with van der Waals surface area (Å²) >= 11 is 0. The molecule has 4 rings (SSSR count). The second-order valence-electron chi connectivity index (χ2n) is 12.0. The van der Waals surface area contributed by atoms with E-state index in [2.05, 4.69) is 0 Å². The van der Waals surface area contributed by atoms with E-state index in [0.717, 1.165) is 5.56 Å². The maximum atomic E-state index is 14.4. The molecule has 0 radical (unpaired) electrons. The summed E-state index contributed by atoms with van der Waals surface area (Å²) in [6, 6.07) is 15.0. The SMILES string of the molecule is COC(=O)CCCCN1C(=O)[C@@]2(O[C@@H](CC(=O)N(CCO)Cc3ccccc3)[C@H]([Si](C)(C)O)[C@H]2C)c2cc(OC)ccc21. The summed E-state index contributed by atoms with van der Waals surface area (Å²) < 4.78 is 17.1. The van der Waals surface area contributed by atoms with Crippen molar-refractivity contribution in [3.05, 3.63) is 59.7 Å². The van der Waals surface area contributed by atoms with Crippen LogP contribution in [0.2, 0.25) is 18.6 Å². The van der Waals surface area contributed by atoms with E-state index in [1.807, 2.05) is 62.5 Å². The number of benzene rings is 2. The van der Waals surface area contributed by atoms with Crippen LogP contribution in [0.1, 0.15) is 43.7 Å². The first-order chi connectivity index (χ1) is 20.5. The van der Waals surface area contributed by atoms with E-state index in [-0.39, 0.29) is 43.8 Å². The van der Waals surface area contributed by atoms with Crippen LogP contribution in [0.15, 0.2) is 48.5 Å². The van der Waals surface area contributed by atoms with Gasteiger partial charge in [-0.25, -0.2) is 0 Å². The van der Waals surface area contributed by atoms with Gasteiger partial charge in [-0.1, -0.05) is 37.3 Å². The number of fused-ring (bicyclic) bond motifs is 2. The van der Waals surface area contributed by atoms with Crippen molar-refractivity contribution in [2.75, 3.05) is 38.8 Å². The van der Waals surface area contributed by atoms with Crippen molar-refractivity contribution < 1.29 is 38.5 Å². The number of rotatable bonds is 13. The molecule has 43 heavy (non-hydrogen) atoms. The molecule has 1 fully saturated rings. The van der Waals surface area contributed by atoms with Crippen molar-refractivity contribution in [2.24, 2.45) is 5.92 Å². The Morgan fingerprint density at radius 3 is 2.47 bits per heavy atom. The van der Waals surface area contributed by atoms with E-state index in [4.69, 9.17) is 14.2 Å². The average Bonchev–Trinajstić information content (AvgIpc) is 3.41. The van der Waals surface area contributed by atoms with Crippen LogP contribution in [0, 0.1) is 5.92 Å². The highest BCUT2D eigenvalue weighted by Gasteiger charge is 2.66. The topological polar surface area (TPSA) is 126 Å². The quantitative estimate of drug-likeness (QED) is 0.200. The number of nitrogens with zero attached hydrogens (tertiary/aromatic N) is 2. The number of hydrogen-bond acceptors (Lipinski definition) is 8. The molecule has 10 nitrogen and oxygen atoms in total. The molecule has 2 amide bonds. The molecule has 2 aromatic carbocycles. The molecular formula is C32H44N2O8Si. The Balaban J connectivity index is 1.66. The zero-order chi connectivity index (χ0) is 31.4. The Bertz CT molecular complexity index is 1300. The molecule has 1 spiro atoms. The van der Waals surface area contributed by atoms with Gasteiger partial charge in [-0.3, -0.25) is 14.4 Å². The fraction of sp³-hybridized carbons (Fsp3) is 0.531. The number of unbranched alkanes of at least 4 members (excludes halogenated alkanes) is 1. The second kappa shape index (κ2) is 13.6. The highest BCUT2D eigenvalue weighted by Crippen LogP contribution is 2.60. The van der Waals surface area contributed by atoms with E-state index in [1.54, 1.807) is 23.0 Å². The molecule has 2 N–H and O–H groups in total. The Morgan fingerprint density at radius 1 is 1.12 bits per heavy atom. The van der Waals surface area contributed by atoms with Gasteiger partial charge in [-0.2, -0.15) is 0 Å². The first-order valence-corrected chi connectivity index (χ1v) is 17.9. The predicted octanol–water partition coefficient (Wildman–Crippen LogP) is 3.59. The molecule has 2 aliphatic heterocycles. The summed E-state index contributed by atoms with van der Waals surface area (Å²) in [5, 5.41) is 9.72. The van der Waals surface area contributed by atoms with E-state index < -0.39 is 31.5 Å². The molecule has 0 unspecified atom stereocenters. The smallest absolute Gasteiger partial charge is 0.305 e. The summed E-state index contributed by atoms with van der Waals surface area (Å²) in [7, 11) is -0.0647. The zero-order valence-electron chi connectivity index (χ0n) is 25.7. The monoisotopic (exact) mass is 612 g/mol. The molecule has 0 bridgehead atoms. The lowest BCUT2D eigenvalue weighted by molar-refractivity contribution is -0.150. The van der Waals surface area contributed by atoms with Gasteiger partial charge in [0, 0.05) is 43.1 Å². The molecule has 2 aliphatic rings. The molecule has 0 aliphatic carbocycles. The summed E-state index contributed by atoms with van der Waals surface area (Å²) in [6.45, 7) is 6.24. The fourth-order valence-electron chi connectivity index (χ4n) is 6.76. The first-order valence-electron chi connectivity index (χ1n) is 14.9. The third-order valence-corrected chi connectivity index (χ3v) is 11.2. The number of hydrogen-bond donors (Lipinski definition) is 2. The van der Waals surface area contributed by atoms with Crippen molar-refractivity contribution >= 4 is 31.8 Å². The van der Waals surface area contributed by atoms with Gasteiger partial charge >= 0.3 is 5.97 Å². The van der Waals surface area contributed by atoms with Gasteiger partial charge in [-0.05, 0) is 49.7 Å². The van der Waals surface area contributed by atoms with Gasteiger partial charge < -0.3 is 33.9 Å². The lowest BCUT2D eigenvalue weighted by Crippen LogP contribution is -2.46. The van der Waals surface area contributed by atoms with Crippen LogP contribution in [0.4, 0.5) is 5.69 Å². The van der Waals surface area contributed by atoms with Gasteiger partial charge in [0.2, 0.25) is 5.91 Å². The van der Waals surface area contributed by atoms with Crippen LogP contribution in [-0.4, -0.2) is 80.9 Å². The third kappa shape index (κ3) is 6.64. The van der Waals surface area contributed by atoms with Gasteiger partial charge in [0.15, 0.2) is 13.9 Å². The lowest BCUT2D eigenvalue weighted by atomic mass is 9.82. The van der Waals surface area contributed by atoms with Crippen molar-refractivity contribution in [3.63, 3.8) is 0 Å². The van der Waals surface area contributed by atoms with Crippen LogP contribution >= 0.6 is 0 Å². The number of anilines is 1. The van der Waals surface area contributed by atoms with E-state index in [0.29, 0.717) is 42.9 Å². The minimum absolute atomic E-state index is 0.0354. The number of aliphatic hydroxyl groups is 1. The molecule has 2 aromatic rings. The summed E-state index contributed by atoms with van der Waals surface area (Å²) in [4.78, 5) is 54.6. The van der Waals surface area contributed by atoms with Crippen molar-refractivity contribution in [1.29, 1.82) is 0 Å². The fourth-order valence-corrected chi connectivity index (χ4v) is 9.32. The number of carbonyl (C=O) groups is 3. The molecule has 2 heterocycles.